The Kier molecular flexibility index (Phi) is 6.55. The predicted octanol–water partition coefficient (Wildman–Crippen LogP) is 3.36. The quantitative estimate of drug-likeness (QED) is 0.578. The Bertz CT molecular complexity index is 606. The minimum absolute atomic E-state index is 0.696. The Morgan fingerprint density at radius 2 is 0.958 bits per heavy atom. The first-order chi connectivity index (χ1) is 11.6. The molecule has 0 saturated heterocycles. The van der Waals surface area contributed by atoms with E-state index in [9.17, 15) is 0 Å². The van der Waals surface area contributed by atoms with E-state index in [0.29, 0.717) is 13.1 Å². The van der Waals surface area contributed by atoms with Crippen LogP contribution >= 0.6 is 0 Å². The van der Waals surface area contributed by atoms with Crippen molar-refractivity contribution in [2.45, 2.75) is 0 Å². The lowest BCUT2D eigenvalue weighted by atomic mass is 10.2. The van der Waals surface area contributed by atoms with Crippen molar-refractivity contribution in [1.82, 2.24) is 0 Å². The maximum absolute atomic E-state index is 4.43. The molecule has 2 rings (SSSR count). The van der Waals surface area contributed by atoms with Gasteiger partial charge in [0.15, 0.2) is 0 Å². The zero-order valence-corrected chi connectivity index (χ0v) is 15.0. The molecule has 0 radical (unpaired) electrons. The van der Waals surface area contributed by atoms with Gasteiger partial charge in [0.2, 0.25) is 0 Å². The summed E-state index contributed by atoms with van der Waals surface area (Å²) in [5, 5.41) is 0. The monoisotopic (exact) mass is 322 g/mol. The summed E-state index contributed by atoms with van der Waals surface area (Å²) in [6, 6.07) is 16.7. The van der Waals surface area contributed by atoms with Crippen LogP contribution in [0.3, 0.4) is 0 Å². The zero-order valence-electron chi connectivity index (χ0n) is 15.0. The molecule has 0 amide bonds. The van der Waals surface area contributed by atoms with Gasteiger partial charge in [-0.25, -0.2) is 0 Å². The lowest BCUT2D eigenvalue weighted by molar-refractivity contribution is 0.985. The summed E-state index contributed by atoms with van der Waals surface area (Å²) in [4.78, 5) is 13.0. The van der Waals surface area contributed by atoms with Gasteiger partial charge in [-0.2, -0.15) is 0 Å². The highest BCUT2D eigenvalue weighted by Gasteiger charge is 1.94. The van der Waals surface area contributed by atoms with Gasteiger partial charge in [0, 0.05) is 52.0 Å². The zero-order chi connectivity index (χ0) is 17.4. The van der Waals surface area contributed by atoms with Crippen LogP contribution in [0.5, 0.6) is 0 Å². The Balaban J connectivity index is 1.77. The first kappa shape index (κ1) is 17.7. The van der Waals surface area contributed by atoms with Crippen molar-refractivity contribution in [2.75, 3.05) is 51.1 Å². The van der Waals surface area contributed by atoms with Crippen LogP contribution in [-0.2, 0) is 0 Å². The fourth-order valence-electron chi connectivity index (χ4n) is 2.17. The molecular formula is C20H26N4. The molecule has 0 aliphatic carbocycles. The number of hydrogen-bond donors (Lipinski definition) is 0. The second kappa shape index (κ2) is 8.87. The summed E-state index contributed by atoms with van der Waals surface area (Å²) in [5.74, 6) is 0. The maximum atomic E-state index is 4.43. The summed E-state index contributed by atoms with van der Waals surface area (Å²) in [6.07, 6.45) is 3.81. The summed E-state index contributed by atoms with van der Waals surface area (Å²) in [5.41, 5.74) is 4.61. The third-order valence-electron chi connectivity index (χ3n) is 3.66. The molecule has 4 heteroatoms. The van der Waals surface area contributed by atoms with Crippen LogP contribution in [0.2, 0.25) is 0 Å². The van der Waals surface area contributed by atoms with Gasteiger partial charge in [-0.1, -0.05) is 24.3 Å². The molecule has 2 aromatic carbocycles. The molecular weight excluding hydrogens is 296 g/mol. The van der Waals surface area contributed by atoms with Crippen molar-refractivity contribution in [3.05, 3.63) is 59.7 Å². The van der Waals surface area contributed by atoms with Gasteiger partial charge in [-0.15, -0.1) is 0 Å². The van der Waals surface area contributed by atoms with Crippen LogP contribution in [-0.4, -0.2) is 53.7 Å². The molecule has 0 fully saturated rings. The van der Waals surface area contributed by atoms with Crippen molar-refractivity contribution in [3.8, 4) is 0 Å². The van der Waals surface area contributed by atoms with Crippen LogP contribution < -0.4 is 9.80 Å². The van der Waals surface area contributed by atoms with Crippen molar-refractivity contribution < 1.29 is 0 Å². The highest BCUT2D eigenvalue weighted by Crippen LogP contribution is 2.11. The van der Waals surface area contributed by atoms with E-state index in [1.54, 1.807) is 0 Å². The summed E-state index contributed by atoms with van der Waals surface area (Å²) in [7, 11) is 8.15. The van der Waals surface area contributed by atoms with Crippen LogP contribution in [0.25, 0.3) is 0 Å². The second-order valence-corrected chi connectivity index (χ2v) is 6.04. The predicted molar refractivity (Wildman–Crippen MR) is 106 cm³/mol. The highest BCUT2D eigenvalue weighted by atomic mass is 15.1. The van der Waals surface area contributed by atoms with Gasteiger partial charge >= 0.3 is 0 Å². The van der Waals surface area contributed by atoms with Crippen molar-refractivity contribution in [1.29, 1.82) is 0 Å². The van der Waals surface area contributed by atoms with E-state index in [0.717, 1.165) is 11.1 Å². The molecule has 4 nitrogen and oxygen atoms in total. The largest absolute Gasteiger partial charge is 0.378 e. The Labute approximate surface area is 145 Å². The minimum Gasteiger partial charge on any atom is -0.378 e. The van der Waals surface area contributed by atoms with Crippen molar-refractivity contribution in [3.63, 3.8) is 0 Å². The SMILES string of the molecule is CN(C)c1ccc(/C=N/CC/N=C/c2ccc(N(C)C)cc2)cc1. The third-order valence-corrected chi connectivity index (χ3v) is 3.66. The van der Waals surface area contributed by atoms with Crippen LogP contribution in [0.15, 0.2) is 58.5 Å². The number of nitrogens with zero attached hydrogens (tertiary/aromatic N) is 4. The van der Waals surface area contributed by atoms with E-state index >= 15 is 0 Å². The van der Waals surface area contributed by atoms with E-state index < -0.39 is 0 Å². The van der Waals surface area contributed by atoms with Gasteiger partial charge < -0.3 is 9.80 Å². The number of benzene rings is 2. The Morgan fingerprint density at radius 3 is 1.25 bits per heavy atom. The fraction of sp³-hybridized carbons (Fsp3) is 0.300. The van der Waals surface area contributed by atoms with Gasteiger partial charge in [0.05, 0.1) is 13.1 Å². The maximum Gasteiger partial charge on any atom is 0.0585 e. The fourth-order valence-corrected chi connectivity index (χ4v) is 2.17. The lowest BCUT2D eigenvalue weighted by Gasteiger charge is -2.11. The lowest BCUT2D eigenvalue weighted by Crippen LogP contribution is -2.08. The summed E-state index contributed by atoms with van der Waals surface area (Å²) in [6.45, 7) is 1.39. The number of hydrogen-bond acceptors (Lipinski definition) is 4. The summed E-state index contributed by atoms with van der Waals surface area (Å²) >= 11 is 0. The van der Waals surface area contributed by atoms with Crippen LogP contribution in [0, 0.1) is 0 Å². The van der Waals surface area contributed by atoms with E-state index in [2.05, 4.69) is 68.3 Å². The molecule has 2 aromatic rings. The molecule has 0 aliphatic rings. The molecule has 24 heavy (non-hydrogen) atoms. The first-order valence-corrected chi connectivity index (χ1v) is 8.11. The number of anilines is 2. The molecule has 0 aromatic heterocycles. The molecule has 0 aliphatic heterocycles. The first-order valence-electron chi connectivity index (χ1n) is 8.11. The highest BCUT2D eigenvalue weighted by molar-refractivity contribution is 5.81. The molecule has 0 heterocycles. The summed E-state index contributed by atoms with van der Waals surface area (Å²) < 4.78 is 0. The molecule has 0 saturated carbocycles. The molecule has 0 atom stereocenters. The Morgan fingerprint density at radius 1 is 0.625 bits per heavy atom. The van der Waals surface area contributed by atoms with Gasteiger partial charge in [0.25, 0.3) is 0 Å². The molecule has 126 valence electrons. The smallest absolute Gasteiger partial charge is 0.0585 e. The average molecular weight is 322 g/mol. The number of rotatable bonds is 7. The topological polar surface area (TPSA) is 31.2 Å². The van der Waals surface area contributed by atoms with E-state index in [1.807, 2.05) is 40.6 Å². The third kappa shape index (κ3) is 5.54. The normalized spacial score (nSPS) is 11.3. The van der Waals surface area contributed by atoms with Crippen molar-refractivity contribution >= 4 is 23.8 Å². The average Bonchev–Trinajstić information content (AvgIpc) is 2.58. The van der Waals surface area contributed by atoms with Gasteiger partial charge in [0.1, 0.15) is 0 Å². The molecule has 0 bridgehead atoms. The van der Waals surface area contributed by atoms with E-state index in [1.165, 1.54) is 11.4 Å². The second-order valence-electron chi connectivity index (χ2n) is 6.04. The Hall–Kier alpha value is -2.62. The molecule has 0 spiro atoms. The number of aliphatic imine (C=N–C) groups is 2. The van der Waals surface area contributed by atoms with E-state index in [4.69, 9.17) is 0 Å². The molecule has 0 unspecified atom stereocenters. The van der Waals surface area contributed by atoms with Gasteiger partial charge in [-0.3, -0.25) is 9.98 Å². The molecule has 0 N–H and O–H groups in total. The van der Waals surface area contributed by atoms with Gasteiger partial charge in [-0.05, 0) is 35.4 Å². The van der Waals surface area contributed by atoms with Crippen LogP contribution in [0.4, 0.5) is 11.4 Å². The van der Waals surface area contributed by atoms with Crippen molar-refractivity contribution in [2.24, 2.45) is 9.98 Å². The minimum atomic E-state index is 0.696. The van der Waals surface area contributed by atoms with Crippen LogP contribution in [0.1, 0.15) is 11.1 Å². The van der Waals surface area contributed by atoms with E-state index in [-0.39, 0.29) is 0 Å². The standard InChI is InChI=1S/C20H26N4/c1-23(2)19-9-5-17(6-10-19)15-21-13-14-22-16-18-7-11-20(12-8-18)24(3)4/h5-12,15-16H,13-14H2,1-4H3/b21-15+,22-16+.